The van der Waals surface area contributed by atoms with E-state index < -0.39 is 16.6 Å². The third-order valence-corrected chi connectivity index (χ3v) is 28.5. The number of ketones is 2. The van der Waals surface area contributed by atoms with E-state index >= 15 is 0 Å². The number of rotatable bonds is 23. The predicted molar refractivity (Wildman–Crippen MR) is 535 cm³/mol. The van der Waals surface area contributed by atoms with Crippen LogP contribution in [0.3, 0.4) is 0 Å². The fraction of sp³-hybridized carbons (Fsp3) is 0.340. The fourth-order valence-electron chi connectivity index (χ4n) is 17.5. The number of thiophene rings is 4. The van der Waals surface area contributed by atoms with Crippen LogP contribution in [0.25, 0.3) is 106 Å². The lowest BCUT2D eigenvalue weighted by atomic mass is 10.1. The average Bonchev–Trinajstić information content (AvgIpc) is 1.58. The van der Waals surface area contributed by atoms with Gasteiger partial charge < -0.3 is 137 Å². The SMILES string of the molecule is COc1c(C=O)c([N+](=O)[O-])c(OC)c2oc(C(=O)N3CCOCC3)cc12.COc1c(C=O)cc(OC)c2oc(C(=O)N3CCOCC3)cc12.COc1c2cc(C(=O)N3CCOCC3)oc2c(OC)c2sc(C(=O)O)cc12.COc1c2cc(C(=O)N3CCOCC3)oc2c(OC)c2sc(C(C)=O)cc12.COc1c2cc(C(=O)N3CCOCC3)oc2c(OC)c2sccc12.COc1c2cc(C(C)=O)oc2c(OC)c2sccc12. The van der Waals surface area contributed by atoms with Crippen LogP contribution in [-0.2, 0) is 23.7 Å². The van der Waals surface area contributed by atoms with E-state index in [1.54, 1.807) is 132 Å². The summed E-state index contributed by atoms with van der Waals surface area (Å²) < 4.78 is 129. The van der Waals surface area contributed by atoms with Crippen molar-refractivity contribution in [1.82, 2.24) is 24.5 Å². The highest BCUT2D eigenvalue weighted by Crippen LogP contribution is 2.54. The number of Topliss-reactive ketones (excluding diaryl/α,β-unsaturated/α-hetero) is 2. The summed E-state index contributed by atoms with van der Waals surface area (Å²) in [7, 11) is 17.9. The van der Waals surface area contributed by atoms with Crippen molar-refractivity contribution in [2.45, 2.75) is 13.8 Å². The van der Waals surface area contributed by atoms with Gasteiger partial charge in [-0.3, -0.25) is 53.3 Å². The summed E-state index contributed by atoms with van der Waals surface area (Å²) >= 11 is 5.49. The van der Waals surface area contributed by atoms with Crippen molar-refractivity contribution in [3.05, 3.63) is 143 Å². The second kappa shape index (κ2) is 45.3. The zero-order chi connectivity index (χ0) is 104. The van der Waals surface area contributed by atoms with E-state index in [9.17, 15) is 63.2 Å². The third-order valence-electron chi connectivity index (χ3n) is 24.3. The van der Waals surface area contributed by atoms with Crippen molar-refractivity contribution < 1.29 is 165 Å². The van der Waals surface area contributed by atoms with Crippen LogP contribution >= 0.6 is 45.3 Å². The molecule has 146 heavy (non-hydrogen) atoms. The molecule has 5 saturated heterocycles. The monoisotopic (exact) mass is 2090 g/mol. The topological polar surface area (TPSA) is 486 Å². The molecule has 0 spiro atoms. The first-order valence-electron chi connectivity index (χ1n) is 45.1. The molecular weight excluding hydrogens is 1990 g/mol. The van der Waals surface area contributed by atoms with Gasteiger partial charge in [-0.25, -0.2) is 4.79 Å². The molecule has 768 valence electrons. The Kier molecular flexibility index (Phi) is 32.2. The molecular formula is C100H98N6O36S4. The van der Waals surface area contributed by atoms with Gasteiger partial charge in [-0.1, -0.05) is 0 Å². The van der Waals surface area contributed by atoms with Crippen LogP contribution in [0.15, 0.2) is 104 Å². The number of amides is 5. The number of carbonyl (C=O) groups is 10. The second-order valence-electron chi connectivity index (χ2n) is 32.4. The van der Waals surface area contributed by atoms with Gasteiger partial charge in [0.25, 0.3) is 29.5 Å². The van der Waals surface area contributed by atoms with Gasteiger partial charge in [0.1, 0.15) is 44.9 Å². The number of carboxylic acids is 1. The average molecular weight is 2090 g/mol. The minimum absolute atomic E-state index is 0.0277. The van der Waals surface area contributed by atoms with Crippen molar-refractivity contribution in [3.8, 4) is 69.0 Å². The summed E-state index contributed by atoms with van der Waals surface area (Å²) in [5, 5.41) is 31.5. The van der Waals surface area contributed by atoms with Gasteiger partial charge in [0, 0.05) is 124 Å². The molecule has 46 heteroatoms. The summed E-state index contributed by atoms with van der Waals surface area (Å²) in [6, 6.07) is 18.5. The van der Waals surface area contributed by atoms with Crippen LogP contribution in [0.1, 0.15) is 117 Å². The molecule has 1 N–H and O–H groups in total. The summed E-state index contributed by atoms with van der Waals surface area (Å²) in [6.45, 7) is 13.0. The van der Waals surface area contributed by atoms with Crippen molar-refractivity contribution in [2.24, 2.45) is 0 Å². The van der Waals surface area contributed by atoms with E-state index in [0.717, 1.165) is 52.4 Å². The number of hydrogen-bond donors (Lipinski definition) is 1. The lowest BCUT2D eigenvalue weighted by Crippen LogP contribution is -2.40. The van der Waals surface area contributed by atoms with Gasteiger partial charge in [0.2, 0.25) is 5.75 Å². The molecule has 0 bridgehead atoms. The fourth-order valence-corrected chi connectivity index (χ4v) is 21.4. The van der Waals surface area contributed by atoms with Crippen LogP contribution in [0.4, 0.5) is 5.69 Å². The summed E-state index contributed by atoms with van der Waals surface area (Å²) in [5.41, 5.74) is 1.72. The lowest BCUT2D eigenvalue weighted by molar-refractivity contribution is -0.385. The minimum atomic E-state index is -1.03. The number of carbonyl (C=O) groups excluding carboxylic acids is 9. The largest absolute Gasteiger partial charge is 0.495 e. The van der Waals surface area contributed by atoms with Gasteiger partial charge >= 0.3 is 11.7 Å². The number of aromatic carboxylic acids is 1. The van der Waals surface area contributed by atoms with Crippen LogP contribution in [-0.4, -0.2) is 311 Å². The Morgan fingerprint density at radius 3 is 0.897 bits per heavy atom. The Hall–Kier alpha value is -15.3. The second-order valence-corrected chi connectivity index (χ2v) is 36.3. The zero-order valence-electron chi connectivity index (χ0n) is 81.4. The smallest absolute Gasteiger partial charge is 0.345 e. The Morgan fingerprint density at radius 1 is 0.322 bits per heavy atom. The number of nitro benzene ring substituents is 1. The number of aldehydes is 2. The number of ether oxygens (including phenoxy) is 17. The molecule has 15 heterocycles. The number of nitrogens with zero attached hydrogens (tertiary/aromatic N) is 6. The first kappa shape index (κ1) is 104. The third kappa shape index (κ3) is 19.9. The lowest BCUT2D eigenvalue weighted by Gasteiger charge is -2.25. The molecule has 0 unspecified atom stereocenters. The highest BCUT2D eigenvalue weighted by Gasteiger charge is 2.38. The number of carboxylic acid groups (broad SMARTS) is 1. The molecule has 0 saturated carbocycles. The van der Waals surface area contributed by atoms with E-state index in [-0.39, 0.29) is 97.1 Å². The van der Waals surface area contributed by atoms with Gasteiger partial charge in [-0.05, 0) is 54.1 Å². The molecule has 0 atom stereocenters. The quantitative estimate of drug-likeness (QED) is 0.0269. The van der Waals surface area contributed by atoms with Crippen molar-refractivity contribution in [2.75, 3.05) is 217 Å². The number of benzene rings is 6. The highest BCUT2D eigenvalue weighted by atomic mass is 32.1. The van der Waals surface area contributed by atoms with Gasteiger partial charge in [-0.2, -0.15) is 0 Å². The first-order valence-corrected chi connectivity index (χ1v) is 48.5. The van der Waals surface area contributed by atoms with E-state index in [4.69, 9.17) is 107 Å². The number of morpholine rings is 5. The number of nitro groups is 1. The summed E-state index contributed by atoms with van der Waals surface area (Å²) in [5.74, 6) is 3.87. The first-order chi connectivity index (χ1) is 70.7. The molecule has 5 fully saturated rings. The maximum atomic E-state index is 12.8. The molecule has 16 aromatic rings. The Balaban J connectivity index is 0.000000126. The maximum absolute atomic E-state index is 12.8. The van der Waals surface area contributed by atoms with E-state index in [2.05, 4.69) is 0 Å². The van der Waals surface area contributed by atoms with Crippen LogP contribution < -0.4 is 56.8 Å². The summed E-state index contributed by atoms with van der Waals surface area (Å²) in [4.78, 5) is 141. The molecule has 0 aliphatic carbocycles. The number of fused-ring (bicyclic) bond motifs is 10. The predicted octanol–water partition coefficient (Wildman–Crippen LogP) is 16.6. The molecule has 0 radical (unpaired) electrons. The summed E-state index contributed by atoms with van der Waals surface area (Å²) in [6.07, 6.45) is 0.993. The highest BCUT2D eigenvalue weighted by molar-refractivity contribution is 7.22. The van der Waals surface area contributed by atoms with Crippen molar-refractivity contribution in [3.63, 3.8) is 0 Å². The molecule has 5 aliphatic rings. The van der Waals surface area contributed by atoms with Crippen molar-refractivity contribution in [1.29, 1.82) is 0 Å². The van der Waals surface area contributed by atoms with E-state index in [1.807, 2.05) is 22.9 Å². The number of furan rings is 6. The normalized spacial score (nSPS) is 14.2. The van der Waals surface area contributed by atoms with E-state index in [0.29, 0.717) is 278 Å². The van der Waals surface area contributed by atoms with Crippen molar-refractivity contribution >= 4 is 217 Å². The molecule has 6 aromatic carbocycles. The van der Waals surface area contributed by atoms with Gasteiger partial charge in [-0.15, -0.1) is 45.3 Å². The molecule has 5 aliphatic heterocycles. The van der Waals surface area contributed by atoms with E-state index in [1.165, 1.54) is 80.0 Å². The Labute approximate surface area is 844 Å². The van der Waals surface area contributed by atoms with Crippen LogP contribution in [0, 0.1) is 10.1 Å². The molecule has 42 nitrogen and oxygen atoms in total. The minimum Gasteiger partial charge on any atom is -0.495 e. The number of hydrogen-bond acceptors (Lipinski definition) is 39. The zero-order valence-corrected chi connectivity index (χ0v) is 84.6. The number of methoxy groups -OCH3 is 12. The Bertz CT molecular complexity index is 7320. The van der Waals surface area contributed by atoms with Gasteiger partial charge in [0.05, 0.1) is 218 Å². The Morgan fingerprint density at radius 2 is 0.603 bits per heavy atom. The van der Waals surface area contributed by atoms with Crippen LogP contribution in [0.5, 0.6) is 69.0 Å². The maximum Gasteiger partial charge on any atom is 0.345 e. The standard InChI is InChI=1S/C19H19NO6S.C18H17NO7S.C17H17NO5S.C16H16N2O8.C16H17NO6.C14H12O4S/c1-10(21)14-9-12-15(23-2)11-8-13(19(22)20-4-6-25-7-5-20)26-16(11)17(24-3)18(12)27-14;1-23-13-9-7-11(17(20)19-3-5-25-6-4-19)26-14(9)15(24-2)16-10(13)8-12(27-16)18(21)22;1-20-13-10-3-8-24-16(10)15(21-2)14-11(13)9-12(23-14)17(19)18-4-6-22-7-5-18;1-23-13-9-7-11(16(20)17-3-5-25-6-4-17)26-14(9)15(24-2)12(18(21)22)10(13)8-19;1-20-12-7-10(9-18)14(21-2)11-8-13(23-15(11)12)16(19)17-3-5-22-6-4-17;1-7(15)10-6-9-11(16-2)8-4-5-19-14(8)13(17-3)12(9)18-10/h8-9H,4-7H2,1-3H3;7-8H,3-6H2,1-2H3,(H,21,22);3,8-9H,4-7H2,1-2H3;7-8H,3-6H2,1-2H3;7-9H,3-6H2,1-2H3;4-6H,1-3H3. The molecule has 5 amide bonds. The molecule has 10 aromatic heterocycles. The van der Waals surface area contributed by atoms with Crippen LogP contribution in [0.2, 0.25) is 0 Å². The molecule has 21 rings (SSSR count). The van der Waals surface area contributed by atoms with Gasteiger partial charge in [0.15, 0.2) is 121 Å².